The highest BCUT2D eigenvalue weighted by Gasteiger charge is 2.63. The van der Waals surface area contributed by atoms with Gasteiger partial charge in [0, 0.05) is 13.5 Å². The monoisotopic (exact) mass is 254 g/mol. The van der Waals surface area contributed by atoms with Crippen LogP contribution in [0.25, 0.3) is 0 Å². The molecule has 0 aromatic heterocycles. The maximum atomic E-state index is 12.5. The maximum Gasteiger partial charge on any atom is 0.406 e. The van der Waals surface area contributed by atoms with Crippen molar-refractivity contribution in [1.29, 1.82) is 0 Å². The summed E-state index contributed by atoms with van der Waals surface area (Å²) < 4.78 is 37.5. The van der Waals surface area contributed by atoms with Crippen LogP contribution in [0.1, 0.15) is 19.8 Å². The van der Waals surface area contributed by atoms with Crippen LogP contribution in [0.3, 0.4) is 0 Å². The molecule has 1 rings (SSSR count). The number of carbonyl (C=O) groups is 2. The lowest BCUT2D eigenvalue weighted by Crippen LogP contribution is -2.53. The van der Waals surface area contributed by atoms with Gasteiger partial charge in [-0.25, -0.2) is 4.79 Å². The minimum Gasteiger partial charge on any atom is -0.480 e. The maximum absolute atomic E-state index is 12.5. The van der Waals surface area contributed by atoms with Gasteiger partial charge in [0.2, 0.25) is 5.91 Å². The molecule has 1 aliphatic rings. The van der Waals surface area contributed by atoms with E-state index >= 15 is 0 Å². The molecule has 98 valence electrons. The number of carboxylic acids is 1. The van der Waals surface area contributed by atoms with E-state index in [1.165, 1.54) is 0 Å². The molecule has 0 aliphatic heterocycles. The summed E-state index contributed by atoms with van der Waals surface area (Å²) in [6.07, 6.45) is -4.53. The van der Waals surface area contributed by atoms with Crippen molar-refractivity contribution in [1.82, 2.24) is 10.6 Å². The lowest BCUT2D eigenvalue weighted by Gasteiger charge is -2.23. The van der Waals surface area contributed by atoms with Crippen molar-refractivity contribution in [2.24, 2.45) is 0 Å². The van der Waals surface area contributed by atoms with Gasteiger partial charge in [-0.15, -0.1) is 0 Å². The van der Waals surface area contributed by atoms with Crippen LogP contribution in [0.5, 0.6) is 0 Å². The fourth-order valence-electron chi connectivity index (χ4n) is 1.43. The predicted octanol–water partition coefficient (Wildman–Crippen LogP) is 0.260. The van der Waals surface area contributed by atoms with Crippen molar-refractivity contribution in [2.75, 3.05) is 6.54 Å². The summed E-state index contributed by atoms with van der Waals surface area (Å²) in [7, 11) is 0. The molecule has 5 nitrogen and oxygen atoms in total. The molecule has 0 saturated heterocycles. The van der Waals surface area contributed by atoms with Crippen LogP contribution in [-0.2, 0) is 9.59 Å². The first kappa shape index (κ1) is 13.8. The molecule has 0 spiro atoms. The highest BCUT2D eigenvalue weighted by atomic mass is 19.4. The number of hydrogen-bond acceptors (Lipinski definition) is 3. The Morgan fingerprint density at radius 2 is 1.94 bits per heavy atom. The number of aliphatic carboxylic acids is 1. The lowest BCUT2D eigenvalue weighted by molar-refractivity contribution is -0.167. The molecule has 0 bridgehead atoms. The largest absolute Gasteiger partial charge is 0.480 e. The molecule has 1 atom stereocenters. The smallest absolute Gasteiger partial charge is 0.406 e. The number of carbonyl (C=O) groups excluding carboxylic acids is 1. The second-order valence-electron chi connectivity index (χ2n) is 4.05. The van der Waals surface area contributed by atoms with Gasteiger partial charge in [0.05, 0.1) is 0 Å². The predicted molar refractivity (Wildman–Crippen MR) is 51.3 cm³/mol. The highest BCUT2D eigenvalue weighted by Crippen LogP contribution is 2.48. The summed E-state index contributed by atoms with van der Waals surface area (Å²) in [6.45, 7) is 0.654. The number of hydrogen-bond donors (Lipinski definition) is 3. The number of rotatable bonds is 5. The Kier molecular flexibility index (Phi) is 3.65. The number of carboxylic acid groups (broad SMARTS) is 1. The first-order valence-electron chi connectivity index (χ1n) is 5.00. The van der Waals surface area contributed by atoms with Gasteiger partial charge in [0.15, 0.2) is 0 Å². The Hall–Kier alpha value is -1.31. The summed E-state index contributed by atoms with van der Waals surface area (Å²) >= 11 is 0. The molecule has 0 heterocycles. The third-order valence-electron chi connectivity index (χ3n) is 2.61. The number of amides is 1. The molecule has 0 aromatic rings. The first-order valence-corrected chi connectivity index (χ1v) is 5.00. The minimum atomic E-state index is -4.40. The first-order chi connectivity index (χ1) is 7.68. The molecule has 8 heteroatoms. The second-order valence-corrected chi connectivity index (χ2v) is 4.05. The molecule has 1 unspecified atom stereocenters. The van der Waals surface area contributed by atoms with Crippen molar-refractivity contribution in [3.8, 4) is 0 Å². The molecule has 17 heavy (non-hydrogen) atoms. The topological polar surface area (TPSA) is 78.4 Å². The van der Waals surface area contributed by atoms with Crippen LogP contribution in [0.15, 0.2) is 0 Å². The molecular weight excluding hydrogens is 241 g/mol. The summed E-state index contributed by atoms with van der Waals surface area (Å²) in [5.74, 6) is -1.97. The van der Waals surface area contributed by atoms with Crippen LogP contribution in [0.4, 0.5) is 13.2 Å². The Bertz CT molecular complexity index is 326. The zero-order valence-electron chi connectivity index (χ0n) is 9.10. The van der Waals surface area contributed by atoms with Gasteiger partial charge in [-0.05, 0) is 12.8 Å². The van der Waals surface area contributed by atoms with Gasteiger partial charge in [-0.2, -0.15) is 13.2 Å². The number of alkyl halides is 3. The molecule has 1 fully saturated rings. The van der Waals surface area contributed by atoms with Crippen molar-refractivity contribution < 1.29 is 27.9 Å². The zero-order chi connectivity index (χ0) is 13.3. The molecule has 1 aliphatic carbocycles. The van der Waals surface area contributed by atoms with Crippen LogP contribution < -0.4 is 10.6 Å². The average Bonchev–Trinajstić information content (AvgIpc) is 2.90. The Labute approximate surface area is 95.4 Å². The van der Waals surface area contributed by atoms with E-state index in [4.69, 9.17) is 5.11 Å². The van der Waals surface area contributed by atoms with Crippen LogP contribution in [0.2, 0.25) is 0 Å². The SMILES string of the molecule is CC(=O)NC(CNC1(C(F)(F)F)CC1)C(=O)O. The van der Waals surface area contributed by atoms with Gasteiger partial charge < -0.3 is 15.7 Å². The van der Waals surface area contributed by atoms with Gasteiger partial charge in [0.25, 0.3) is 0 Å². The van der Waals surface area contributed by atoms with E-state index in [1.807, 2.05) is 0 Å². The normalized spacial score (nSPS) is 19.5. The molecule has 0 radical (unpaired) electrons. The molecular formula is C9H13F3N2O3. The van der Waals surface area contributed by atoms with E-state index in [9.17, 15) is 22.8 Å². The van der Waals surface area contributed by atoms with Gasteiger partial charge in [-0.1, -0.05) is 0 Å². The summed E-state index contributed by atoms with van der Waals surface area (Å²) in [5.41, 5.74) is -1.97. The third kappa shape index (κ3) is 3.32. The molecule has 0 aromatic carbocycles. The fourth-order valence-corrected chi connectivity index (χ4v) is 1.43. The zero-order valence-corrected chi connectivity index (χ0v) is 9.10. The second kappa shape index (κ2) is 4.52. The molecule has 1 saturated carbocycles. The quantitative estimate of drug-likeness (QED) is 0.657. The van der Waals surface area contributed by atoms with Crippen molar-refractivity contribution in [3.63, 3.8) is 0 Å². The van der Waals surface area contributed by atoms with Gasteiger partial charge >= 0.3 is 12.1 Å². The third-order valence-corrected chi connectivity index (χ3v) is 2.61. The van der Waals surface area contributed by atoms with E-state index in [1.54, 1.807) is 0 Å². The van der Waals surface area contributed by atoms with Gasteiger partial charge in [0.1, 0.15) is 11.6 Å². The highest BCUT2D eigenvalue weighted by molar-refractivity contribution is 5.82. The molecule has 1 amide bonds. The standard InChI is InChI=1S/C9H13F3N2O3/c1-5(15)14-6(7(16)17)4-13-8(2-3-8)9(10,11)12/h6,13H,2-4H2,1H3,(H,14,15)(H,16,17). The van der Waals surface area contributed by atoms with Crippen LogP contribution in [0, 0.1) is 0 Å². The summed E-state index contributed by atoms with van der Waals surface area (Å²) in [5, 5.41) is 12.9. The Morgan fingerprint density at radius 3 is 2.24 bits per heavy atom. The average molecular weight is 254 g/mol. The van der Waals surface area contributed by atoms with E-state index in [0.717, 1.165) is 6.92 Å². The minimum absolute atomic E-state index is 0.0666. The van der Waals surface area contributed by atoms with Crippen molar-refractivity contribution in [3.05, 3.63) is 0 Å². The molecule has 3 N–H and O–H groups in total. The van der Waals surface area contributed by atoms with E-state index in [2.05, 4.69) is 10.6 Å². The Morgan fingerprint density at radius 1 is 1.41 bits per heavy atom. The van der Waals surface area contributed by atoms with E-state index in [0.29, 0.717) is 0 Å². The van der Waals surface area contributed by atoms with Crippen molar-refractivity contribution in [2.45, 2.75) is 37.5 Å². The van der Waals surface area contributed by atoms with E-state index < -0.39 is 36.2 Å². The number of halogens is 3. The summed E-state index contributed by atoms with van der Waals surface area (Å²) in [6, 6.07) is -1.35. The number of nitrogens with one attached hydrogen (secondary N) is 2. The summed E-state index contributed by atoms with van der Waals surface area (Å²) in [4.78, 5) is 21.4. The lowest BCUT2D eigenvalue weighted by atomic mass is 10.2. The van der Waals surface area contributed by atoms with Gasteiger partial charge in [-0.3, -0.25) is 4.79 Å². The van der Waals surface area contributed by atoms with E-state index in [-0.39, 0.29) is 12.8 Å². The van der Waals surface area contributed by atoms with Crippen LogP contribution in [-0.4, -0.2) is 41.3 Å². The van der Waals surface area contributed by atoms with Crippen molar-refractivity contribution >= 4 is 11.9 Å². The Balaban J connectivity index is 2.53. The van der Waals surface area contributed by atoms with Crippen LogP contribution >= 0.6 is 0 Å². The fraction of sp³-hybridized carbons (Fsp3) is 0.778.